The molecule has 2 rings (SSSR count). The minimum atomic E-state index is -3.66. The molecule has 29 heavy (non-hydrogen) atoms. The standard InChI is InChI=1S/C21H23NO6S/c1-16(23)18-8-9-20(27-2)19(14-18)15-28-21(24)10-12-22-29(25,26)13-11-17-6-4-3-5-7-17/h3-9,11,13-14,22H,10,12,15H2,1-2H3/b13-11+. The Kier molecular flexibility index (Phi) is 8.11. The Morgan fingerprint density at radius 3 is 2.48 bits per heavy atom. The molecule has 8 heteroatoms. The van der Waals surface area contributed by atoms with E-state index in [-0.39, 0.29) is 25.4 Å². The highest BCUT2D eigenvalue weighted by Crippen LogP contribution is 2.21. The molecule has 0 heterocycles. The van der Waals surface area contributed by atoms with Gasteiger partial charge in [-0.15, -0.1) is 0 Å². The maximum absolute atomic E-state index is 12.0. The van der Waals surface area contributed by atoms with Gasteiger partial charge >= 0.3 is 5.97 Å². The summed E-state index contributed by atoms with van der Waals surface area (Å²) in [6, 6.07) is 13.9. The molecule has 0 aliphatic rings. The lowest BCUT2D eigenvalue weighted by Gasteiger charge is -2.11. The lowest BCUT2D eigenvalue weighted by Crippen LogP contribution is -2.24. The Morgan fingerprint density at radius 1 is 1.10 bits per heavy atom. The van der Waals surface area contributed by atoms with Gasteiger partial charge in [-0.05, 0) is 36.8 Å². The van der Waals surface area contributed by atoms with Crippen LogP contribution in [0.4, 0.5) is 0 Å². The van der Waals surface area contributed by atoms with E-state index in [1.54, 1.807) is 42.5 Å². The third-order valence-electron chi connectivity index (χ3n) is 3.95. The summed E-state index contributed by atoms with van der Waals surface area (Å²) in [5.74, 6) is -0.192. The highest BCUT2D eigenvalue weighted by molar-refractivity contribution is 7.92. The average molecular weight is 417 g/mol. The summed E-state index contributed by atoms with van der Waals surface area (Å²) in [6.45, 7) is 1.27. The molecule has 0 atom stereocenters. The molecule has 2 aromatic rings. The highest BCUT2D eigenvalue weighted by Gasteiger charge is 2.11. The zero-order chi connectivity index (χ0) is 21.3. The molecule has 0 bridgehead atoms. The van der Waals surface area contributed by atoms with Crippen LogP contribution in [0.15, 0.2) is 53.9 Å². The van der Waals surface area contributed by atoms with E-state index in [1.807, 2.05) is 6.07 Å². The fourth-order valence-electron chi connectivity index (χ4n) is 2.42. The van der Waals surface area contributed by atoms with Gasteiger partial charge in [0.1, 0.15) is 12.4 Å². The number of hydrogen-bond donors (Lipinski definition) is 1. The van der Waals surface area contributed by atoms with Gasteiger partial charge in [-0.3, -0.25) is 9.59 Å². The van der Waals surface area contributed by atoms with Gasteiger partial charge in [-0.25, -0.2) is 13.1 Å². The zero-order valence-electron chi connectivity index (χ0n) is 16.3. The predicted octanol–water partition coefficient (Wildman–Crippen LogP) is 2.92. The van der Waals surface area contributed by atoms with E-state index in [2.05, 4.69) is 4.72 Å². The van der Waals surface area contributed by atoms with Crippen molar-refractivity contribution in [3.63, 3.8) is 0 Å². The summed E-state index contributed by atoms with van der Waals surface area (Å²) in [6.07, 6.45) is 1.34. The van der Waals surface area contributed by atoms with Crippen molar-refractivity contribution in [1.82, 2.24) is 4.72 Å². The summed E-state index contributed by atoms with van der Waals surface area (Å²) in [4.78, 5) is 23.4. The molecular formula is C21H23NO6S. The number of methoxy groups -OCH3 is 1. The van der Waals surface area contributed by atoms with E-state index in [0.29, 0.717) is 16.9 Å². The Labute approximate surface area is 170 Å². The van der Waals surface area contributed by atoms with Crippen molar-refractivity contribution < 1.29 is 27.5 Å². The molecule has 0 spiro atoms. The molecule has 0 amide bonds. The van der Waals surface area contributed by atoms with Crippen LogP contribution >= 0.6 is 0 Å². The van der Waals surface area contributed by atoms with Crippen molar-refractivity contribution in [3.05, 3.63) is 70.6 Å². The van der Waals surface area contributed by atoms with Crippen LogP contribution in [-0.4, -0.2) is 33.8 Å². The van der Waals surface area contributed by atoms with E-state index in [9.17, 15) is 18.0 Å². The molecule has 0 radical (unpaired) electrons. The van der Waals surface area contributed by atoms with Gasteiger partial charge in [-0.1, -0.05) is 30.3 Å². The number of nitrogens with one attached hydrogen (secondary N) is 1. The lowest BCUT2D eigenvalue weighted by molar-refractivity contribution is -0.144. The van der Waals surface area contributed by atoms with Crippen molar-refractivity contribution in [2.75, 3.05) is 13.7 Å². The molecule has 0 aliphatic carbocycles. The van der Waals surface area contributed by atoms with E-state index in [1.165, 1.54) is 20.1 Å². The van der Waals surface area contributed by atoms with Gasteiger partial charge < -0.3 is 9.47 Å². The van der Waals surface area contributed by atoms with Crippen molar-refractivity contribution in [2.45, 2.75) is 20.0 Å². The highest BCUT2D eigenvalue weighted by atomic mass is 32.2. The Balaban J connectivity index is 1.83. The first-order valence-corrected chi connectivity index (χ1v) is 10.4. The largest absolute Gasteiger partial charge is 0.496 e. The van der Waals surface area contributed by atoms with Crippen molar-refractivity contribution in [3.8, 4) is 5.75 Å². The zero-order valence-corrected chi connectivity index (χ0v) is 17.1. The van der Waals surface area contributed by atoms with Gasteiger partial charge in [0, 0.05) is 23.1 Å². The number of rotatable bonds is 10. The SMILES string of the molecule is COc1ccc(C(C)=O)cc1COC(=O)CCNS(=O)(=O)/C=C/c1ccccc1. The predicted molar refractivity (Wildman–Crippen MR) is 110 cm³/mol. The van der Waals surface area contributed by atoms with Crippen LogP contribution in [0.25, 0.3) is 6.08 Å². The first kappa shape index (κ1) is 22.3. The quantitative estimate of drug-likeness (QED) is 0.471. The van der Waals surface area contributed by atoms with E-state index in [0.717, 1.165) is 11.0 Å². The third kappa shape index (κ3) is 7.52. The molecule has 2 aromatic carbocycles. The third-order valence-corrected chi connectivity index (χ3v) is 5.05. The van der Waals surface area contributed by atoms with Crippen LogP contribution in [-0.2, 0) is 26.2 Å². The number of hydrogen-bond acceptors (Lipinski definition) is 6. The van der Waals surface area contributed by atoms with Crippen molar-refractivity contribution in [2.24, 2.45) is 0 Å². The first-order chi connectivity index (χ1) is 13.8. The maximum atomic E-state index is 12.0. The summed E-state index contributed by atoms with van der Waals surface area (Å²) in [5.41, 5.74) is 1.79. The Bertz CT molecular complexity index is 983. The summed E-state index contributed by atoms with van der Waals surface area (Å²) in [5, 5.41) is 1.05. The Hall–Kier alpha value is -2.97. The van der Waals surface area contributed by atoms with Gasteiger partial charge in [0.2, 0.25) is 10.0 Å². The molecule has 0 saturated carbocycles. The summed E-state index contributed by atoms with van der Waals surface area (Å²) >= 11 is 0. The number of benzene rings is 2. The lowest BCUT2D eigenvalue weighted by atomic mass is 10.1. The van der Waals surface area contributed by atoms with Crippen molar-refractivity contribution in [1.29, 1.82) is 0 Å². The minimum absolute atomic E-state index is 0.0796. The van der Waals surface area contributed by atoms with E-state index in [4.69, 9.17) is 9.47 Å². The number of carbonyl (C=O) groups excluding carboxylic acids is 2. The topological polar surface area (TPSA) is 98.8 Å². The second-order valence-corrected chi connectivity index (χ2v) is 7.80. The molecule has 154 valence electrons. The van der Waals surface area contributed by atoms with Crippen LogP contribution in [0, 0.1) is 0 Å². The van der Waals surface area contributed by atoms with Crippen LogP contribution < -0.4 is 9.46 Å². The van der Waals surface area contributed by atoms with Crippen LogP contribution in [0.2, 0.25) is 0 Å². The molecule has 0 fully saturated rings. The minimum Gasteiger partial charge on any atom is -0.496 e. The molecule has 0 aromatic heterocycles. The van der Waals surface area contributed by atoms with Crippen molar-refractivity contribution >= 4 is 27.9 Å². The first-order valence-electron chi connectivity index (χ1n) is 8.87. The van der Waals surface area contributed by atoms with Gasteiger partial charge in [0.15, 0.2) is 5.78 Å². The molecule has 0 saturated heterocycles. The Morgan fingerprint density at radius 2 is 1.83 bits per heavy atom. The maximum Gasteiger partial charge on any atom is 0.307 e. The van der Waals surface area contributed by atoms with Gasteiger partial charge in [-0.2, -0.15) is 0 Å². The van der Waals surface area contributed by atoms with Crippen LogP contribution in [0.1, 0.15) is 34.8 Å². The van der Waals surface area contributed by atoms with Crippen LogP contribution in [0.3, 0.4) is 0 Å². The number of ketones is 1. The number of carbonyl (C=O) groups is 2. The summed E-state index contributed by atoms with van der Waals surface area (Å²) < 4.78 is 36.6. The number of esters is 1. The fourth-order valence-corrected chi connectivity index (χ4v) is 3.24. The molecule has 0 unspecified atom stereocenters. The smallest absolute Gasteiger partial charge is 0.307 e. The normalized spacial score (nSPS) is 11.4. The van der Waals surface area contributed by atoms with Gasteiger partial charge in [0.05, 0.1) is 13.5 Å². The second kappa shape index (κ2) is 10.5. The number of ether oxygens (including phenoxy) is 2. The monoisotopic (exact) mass is 417 g/mol. The van der Waals surface area contributed by atoms with E-state index >= 15 is 0 Å². The molecule has 0 aliphatic heterocycles. The summed E-state index contributed by atoms with van der Waals surface area (Å²) in [7, 11) is -2.19. The molecular weight excluding hydrogens is 394 g/mol. The van der Waals surface area contributed by atoms with E-state index < -0.39 is 16.0 Å². The fraction of sp³-hybridized carbons (Fsp3) is 0.238. The number of sulfonamides is 1. The molecule has 7 nitrogen and oxygen atoms in total. The number of Topliss-reactive ketones (excluding diaryl/α,β-unsaturated/α-hetero) is 1. The van der Waals surface area contributed by atoms with Gasteiger partial charge in [0.25, 0.3) is 0 Å². The molecule has 1 N–H and O–H groups in total. The average Bonchev–Trinajstić information content (AvgIpc) is 2.71. The second-order valence-electron chi connectivity index (χ2n) is 6.15. The van der Waals surface area contributed by atoms with Crippen LogP contribution in [0.5, 0.6) is 5.75 Å².